The van der Waals surface area contributed by atoms with E-state index in [-0.39, 0.29) is 7.43 Å². The van der Waals surface area contributed by atoms with Crippen molar-refractivity contribution in [1.82, 2.24) is 0 Å². The summed E-state index contributed by atoms with van der Waals surface area (Å²) in [4.78, 5) is 0. The van der Waals surface area contributed by atoms with E-state index in [1.165, 1.54) is 0 Å². The van der Waals surface area contributed by atoms with Crippen LogP contribution in [0.25, 0.3) is 0 Å². The van der Waals surface area contributed by atoms with Crippen LogP contribution in [-0.4, -0.2) is 14.4 Å². The molecule has 2 heteroatoms. The molecule has 0 aliphatic rings. The number of hydrogen-bond donors (Lipinski definition) is 0. The number of rotatable bonds is 0. The van der Waals surface area contributed by atoms with Crippen LogP contribution in [0.15, 0.2) is 0 Å². The van der Waals surface area contributed by atoms with Gasteiger partial charge in [0.2, 0.25) is 0 Å². The van der Waals surface area contributed by atoms with Crippen molar-refractivity contribution in [3.05, 3.63) is 0 Å². The zero-order valence-electron chi connectivity index (χ0n) is 10.8. The van der Waals surface area contributed by atoms with E-state index < -0.39 is 0 Å². The third-order valence-corrected chi connectivity index (χ3v) is 0. The molecule has 0 aliphatic carbocycles. The summed E-state index contributed by atoms with van der Waals surface area (Å²) in [6.07, 6.45) is 0. The molecule has 0 nitrogen and oxygen atoms in total. The van der Waals surface area contributed by atoms with Crippen LogP contribution < -0.4 is 0 Å². The Labute approximate surface area is 86.8 Å². The fourth-order valence-electron chi connectivity index (χ4n) is 0. The Morgan fingerprint density at radius 3 is 0.385 bits per heavy atom. The number of hydrogen-bond acceptors (Lipinski definition) is 0. The molecule has 0 heterocycles. The quantitative estimate of drug-likeness (QED) is 0.460. The number of halogens is 2. The van der Waals surface area contributed by atoms with E-state index in [9.17, 15) is 8.78 Å². The third kappa shape index (κ3) is 58800. The molecule has 0 unspecified atom stereocenters. The van der Waals surface area contributed by atoms with Crippen LogP contribution in [0.4, 0.5) is 8.78 Å². The summed E-state index contributed by atoms with van der Waals surface area (Å²) in [5.74, 6) is 0. The number of alkyl halides is 2. The standard InChI is InChI=1S/4C2H6.2CH3F.CH4/c6*1-2;/h4*1-2H3;2*1H3;1H4. The Balaban J connectivity index is -0.00000000655. The molecule has 0 fully saturated rings. The molecule has 0 saturated carbocycles. The van der Waals surface area contributed by atoms with Gasteiger partial charge in [0.1, 0.15) is 0 Å². The summed E-state index contributed by atoms with van der Waals surface area (Å²) >= 11 is 0. The molecule has 0 saturated heterocycles. The minimum atomic E-state index is 0. The minimum Gasteiger partial charge on any atom is -0.255 e. The largest absolute Gasteiger partial charge is 0.255 e. The lowest BCUT2D eigenvalue weighted by Gasteiger charge is -1.10. The van der Waals surface area contributed by atoms with Crippen LogP contribution in [0, 0.1) is 0 Å². The van der Waals surface area contributed by atoms with Gasteiger partial charge in [0.15, 0.2) is 0 Å². The molecular formula is C11H34F2. The first-order valence-electron chi connectivity index (χ1n) is 4.76. The molecule has 0 aromatic carbocycles. The van der Waals surface area contributed by atoms with Gasteiger partial charge in [-0.05, 0) is 0 Å². The lowest BCUT2D eigenvalue weighted by molar-refractivity contribution is 0.635. The predicted octanol–water partition coefficient (Wildman–Crippen LogP) is 5.91. The zero-order chi connectivity index (χ0) is 12.0. The fourth-order valence-corrected chi connectivity index (χ4v) is 0. The third-order valence-electron chi connectivity index (χ3n) is 0. The van der Waals surface area contributed by atoms with Gasteiger partial charge in [0.05, 0.1) is 14.4 Å². The summed E-state index contributed by atoms with van der Waals surface area (Å²) in [6, 6.07) is 0. The van der Waals surface area contributed by atoms with E-state index in [1.807, 2.05) is 55.4 Å². The first kappa shape index (κ1) is 52.7. The Hall–Kier alpha value is -0.140. The highest BCUT2D eigenvalue weighted by Gasteiger charge is 0.940. The van der Waals surface area contributed by atoms with Crippen LogP contribution in [0.2, 0.25) is 0 Å². The summed E-state index contributed by atoms with van der Waals surface area (Å²) in [7, 11) is 1.00. The van der Waals surface area contributed by atoms with E-state index in [1.54, 1.807) is 0 Å². The molecule has 0 atom stereocenters. The maximum absolute atomic E-state index is 9.50. The van der Waals surface area contributed by atoms with E-state index in [4.69, 9.17) is 0 Å². The van der Waals surface area contributed by atoms with Gasteiger partial charge in [-0.1, -0.05) is 62.8 Å². The van der Waals surface area contributed by atoms with Crippen molar-refractivity contribution in [3.8, 4) is 0 Å². The average Bonchev–Trinajstić information content (AvgIpc) is 2.33. The highest BCUT2D eigenvalue weighted by atomic mass is 19.1. The van der Waals surface area contributed by atoms with Gasteiger partial charge < -0.3 is 0 Å². The molecule has 92 valence electrons. The normalized spacial score (nSPS) is 2.77. The second-order valence-corrected chi connectivity index (χ2v) is 0. The Kier molecular flexibility index (Phi) is 289000. The van der Waals surface area contributed by atoms with E-state index in [0.717, 1.165) is 0 Å². The molecule has 0 radical (unpaired) electrons. The zero-order valence-corrected chi connectivity index (χ0v) is 10.8. The summed E-state index contributed by atoms with van der Waals surface area (Å²) in [5, 5.41) is 0. The molecule has 0 N–H and O–H groups in total. The smallest absolute Gasteiger partial charge is 0.0785 e. The Morgan fingerprint density at radius 2 is 0.385 bits per heavy atom. The SMILES string of the molecule is C.CC.CC.CC.CC.CF.CF. The van der Waals surface area contributed by atoms with E-state index in [2.05, 4.69) is 0 Å². The van der Waals surface area contributed by atoms with Gasteiger partial charge in [-0.15, -0.1) is 0 Å². The van der Waals surface area contributed by atoms with Crippen molar-refractivity contribution >= 4 is 0 Å². The van der Waals surface area contributed by atoms with Crippen molar-refractivity contribution in [3.63, 3.8) is 0 Å². The van der Waals surface area contributed by atoms with Crippen molar-refractivity contribution in [2.45, 2.75) is 62.8 Å². The highest BCUT2D eigenvalue weighted by molar-refractivity contribution is 3.51. The van der Waals surface area contributed by atoms with Crippen LogP contribution in [-0.2, 0) is 0 Å². The monoisotopic (exact) mass is 204 g/mol. The average molecular weight is 204 g/mol. The van der Waals surface area contributed by atoms with Crippen molar-refractivity contribution in [2.24, 2.45) is 0 Å². The lowest BCUT2D eigenvalue weighted by Crippen LogP contribution is -0.939. The Bertz CT molecular complexity index is 8.05. The van der Waals surface area contributed by atoms with Gasteiger partial charge in [0.25, 0.3) is 0 Å². The van der Waals surface area contributed by atoms with Gasteiger partial charge in [-0.25, -0.2) is 0 Å². The molecule has 0 aromatic heterocycles. The van der Waals surface area contributed by atoms with Gasteiger partial charge in [0, 0.05) is 0 Å². The summed E-state index contributed by atoms with van der Waals surface area (Å²) < 4.78 is 19.0. The molecule has 0 amide bonds. The van der Waals surface area contributed by atoms with E-state index in [0.29, 0.717) is 14.4 Å². The lowest BCUT2D eigenvalue weighted by atomic mass is 11.0. The maximum Gasteiger partial charge on any atom is 0.0785 e. The molecule has 0 rings (SSSR count). The molecular weight excluding hydrogens is 170 g/mol. The summed E-state index contributed by atoms with van der Waals surface area (Å²) in [6.45, 7) is 16.0. The molecule has 0 aromatic rings. The highest BCUT2D eigenvalue weighted by Crippen LogP contribution is 1.16. The Morgan fingerprint density at radius 1 is 0.385 bits per heavy atom. The first-order valence-corrected chi connectivity index (χ1v) is 4.76. The minimum absolute atomic E-state index is 0. The van der Waals surface area contributed by atoms with Crippen LogP contribution in [0.5, 0.6) is 0 Å². The van der Waals surface area contributed by atoms with Crippen molar-refractivity contribution in [2.75, 3.05) is 14.4 Å². The van der Waals surface area contributed by atoms with Gasteiger partial charge in [-0.3, -0.25) is 8.78 Å². The molecule has 0 spiro atoms. The molecule has 13 heavy (non-hydrogen) atoms. The summed E-state index contributed by atoms with van der Waals surface area (Å²) in [5.41, 5.74) is 0. The molecule has 0 bridgehead atoms. The van der Waals surface area contributed by atoms with Gasteiger partial charge in [-0.2, -0.15) is 0 Å². The second kappa shape index (κ2) is 71400. The predicted molar refractivity (Wildman–Crippen MR) is 66.2 cm³/mol. The molecule has 0 aliphatic heterocycles. The van der Waals surface area contributed by atoms with Crippen LogP contribution in [0.1, 0.15) is 62.8 Å². The van der Waals surface area contributed by atoms with Crippen LogP contribution >= 0.6 is 0 Å². The van der Waals surface area contributed by atoms with E-state index >= 15 is 0 Å². The maximum atomic E-state index is 9.50. The topological polar surface area (TPSA) is 0 Å². The second-order valence-electron chi connectivity index (χ2n) is 0. The van der Waals surface area contributed by atoms with Crippen molar-refractivity contribution in [1.29, 1.82) is 0 Å². The van der Waals surface area contributed by atoms with Gasteiger partial charge >= 0.3 is 0 Å². The van der Waals surface area contributed by atoms with Crippen LogP contribution in [0.3, 0.4) is 0 Å². The van der Waals surface area contributed by atoms with Crippen molar-refractivity contribution < 1.29 is 8.78 Å². The fraction of sp³-hybridized carbons (Fsp3) is 1.00. The first-order chi connectivity index (χ1) is 6.00.